The summed E-state index contributed by atoms with van der Waals surface area (Å²) >= 11 is 0. The zero-order valence-corrected chi connectivity index (χ0v) is 27.8. The van der Waals surface area contributed by atoms with Crippen LogP contribution in [-0.2, 0) is 9.47 Å². The Hall–Kier alpha value is -3.24. The molecule has 1 aliphatic heterocycles. The van der Waals surface area contributed by atoms with Gasteiger partial charge in [0, 0.05) is 11.1 Å². The molecule has 1 saturated heterocycles. The standard InChI is InChI=1S/C38H46F6O4/c1-3-5-7-8-9-10-11-13-23-45-31-21-19-29(34(39)36(31)41)26-15-17-27(18-16-26)30-20-22-32(37(42)35(30)40)48-38(43,44)28-24-46-33(47-25-28)14-12-6-4-2/h15-22,28,33H,3-14,23-25H2,1-2H3. The van der Waals surface area contributed by atoms with Crippen molar-refractivity contribution in [1.82, 2.24) is 0 Å². The molecule has 0 saturated carbocycles. The van der Waals surface area contributed by atoms with Crippen molar-refractivity contribution in [1.29, 1.82) is 0 Å². The third kappa shape index (κ3) is 10.1. The van der Waals surface area contributed by atoms with Crippen molar-refractivity contribution in [2.75, 3.05) is 19.8 Å². The number of hydrogen-bond donors (Lipinski definition) is 0. The van der Waals surface area contributed by atoms with E-state index in [9.17, 15) is 17.6 Å². The summed E-state index contributed by atoms with van der Waals surface area (Å²) in [5.41, 5.74) is 0.252. The Bertz CT molecular complexity index is 1420. The van der Waals surface area contributed by atoms with E-state index in [1.165, 1.54) is 62.1 Å². The number of unbranched alkanes of at least 4 members (excludes halogenated alkanes) is 9. The Balaban J connectivity index is 1.34. The lowest BCUT2D eigenvalue weighted by atomic mass is 9.99. The van der Waals surface area contributed by atoms with Gasteiger partial charge in [-0.1, -0.05) is 95.9 Å². The molecule has 4 nitrogen and oxygen atoms in total. The molecular weight excluding hydrogens is 634 g/mol. The van der Waals surface area contributed by atoms with Gasteiger partial charge in [-0.25, -0.2) is 8.78 Å². The molecule has 0 spiro atoms. The Kier molecular flexibility index (Phi) is 14.5. The van der Waals surface area contributed by atoms with Gasteiger partial charge >= 0.3 is 6.11 Å². The highest BCUT2D eigenvalue weighted by molar-refractivity contribution is 5.72. The van der Waals surface area contributed by atoms with Crippen molar-refractivity contribution in [2.24, 2.45) is 5.92 Å². The van der Waals surface area contributed by atoms with Crippen LogP contribution >= 0.6 is 0 Å². The van der Waals surface area contributed by atoms with Crippen LogP contribution in [0.1, 0.15) is 90.9 Å². The summed E-state index contributed by atoms with van der Waals surface area (Å²) in [7, 11) is 0. The maximum absolute atomic E-state index is 15.1. The van der Waals surface area contributed by atoms with Crippen molar-refractivity contribution in [3.05, 3.63) is 71.8 Å². The number of rotatable bonds is 19. The number of ether oxygens (including phenoxy) is 4. The first-order valence-corrected chi connectivity index (χ1v) is 17.2. The molecule has 4 rings (SSSR count). The van der Waals surface area contributed by atoms with E-state index in [1.54, 1.807) is 0 Å². The van der Waals surface area contributed by atoms with Gasteiger partial charge in [-0.2, -0.15) is 17.6 Å². The Morgan fingerprint density at radius 1 is 0.604 bits per heavy atom. The van der Waals surface area contributed by atoms with Gasteiger partial charge in [-0.3, -0.25) is 0 Å². The van der Waals surface area contributed by atoms with Crippen LogP contribution in [-0.4, -0.2) is 32.2 Å². The van der Waals surface area contributed by atoms with Crippen LogP contribution in [0.4, 0.5) is 26.3 Å². The normalized spacial score (nSPS) is 16.7. The van der Waals surface area contributed by atoms with Crippen LogP contribution < -0.4 is 9.47 Å². The topological polar surface area (TPSA) is 36.9 Å². The highest BCUT2D eigenvalue weighted by atomic mass is 19.3. The van der Waals surface area contributed by atoms with Crippen LogP contribution in [0.2, 0.25) is 0 Å². The Morgan fingerprint density at radius 2 is 1.08 bits per heavy atom. The summed E-state index contributed by atoms with van der Waals surface area (Å²) in [6.45, 7) is 3.80. The fourth-order valence-electron chi connectivity index (χ4n) is 5.64. The molecule has 0 N–H and O–H groups in total. The minimum Gasteiger partial charge on any atom is -0.490 e. The van der Waals surface area contributed by atoms with E-state index in [0.717, 1.165) is 57.1 Å². The van der Waals surface area contributed by atoms with Crippen LogP contribution in [0.5, 0.6) is 11.5 Å². The van der Waals surface area contributed by atoms with Crippen LogP contribution in [0.3, 0.4) is 0 Å². The number of benzene rings is 3. The average molecular weight is 681 g/mol. The molecule has 0 radical (unpaired) electrons. The lowest BCUT2D eigenvalue weighted by molar-refractivity contribution is -0.291. The van der Waals surface area contributed by atoms with E-state index in [4.69, 9.17) is 14.2 Å². The van der Waals surface area contributed by atoms with E-state index < -0.39 is 47.3 Å². The second kappa shape index (κ2) is 18.5. The molecule has 0 amide bonds. The van der Waals surface area contributed by atoms with E-state index in [0.29, 0.717) is 12.0 Å². The largest absolute Gasteiger partial charge is 0.490 e. The summed E-state index contributed by atoms with van der Waals surface area (Å²) in [6, 6.07) is 10.5. The third-order valence-corrected chi connectivity index (χ3v) is 8.59. The van der Waals surface area contributed by atoms with Crippen molar-refractivity contribution < 1.29 is 45.3 Å². The van der Waals surface area contributed by atoms with Crippen molar-refractivity contribution in [2.45, 2.75) is 103 Å². The molecule has 1 fully saturated rings. The van der Waals surface area contributed by atoms with Crippen LogP contribution in [0.15, 0.2) is 48.5 Å². The quantitative estimate of drug-likeness (QED) is 0.0933. The first-order chi connectivity index (χ1) is 23.2. The van der Waals surface area contributed by atoms with E-state index in [1.807, 2.05) is 6.92 Å². The van der Waals surface area contributed by atoms with Crippen molar-refractivity contribution >= 4 is 0 Å². The van der Waals surface area contributed by atoms with Gasteiger partial charge in [-0.15, -0.1) is 0 Å². The van der Waals surface area contributed by atoms with E-state index >= 15 is 8.78 Å². The summed E-state index contributed by atoms with van der Waals surface area (Å²) < 4.78 is 111. The highest BCUT2D eigenvalue weighted by Gasteiger charge is 2.46. The van der Waals surface area contributed by atoms with Gasteiger partial charge in [-0.05, 0) is 54.7 Å². The molecule has 0 unspecified atom stereocenters. The zero-order chi connectivity index (χ0) is 34.5. The van der Waals surface area contributed by atoms with Crippen molar-refractivity contribution in [3.8, 4) is 33.8 Å². The van der Waals surface area contributed by atoms with Crippen molar-refractivity contribution in [3.63, 3.8) is 0 Å². The van der Waals surface area contributed by atoms with Gasteiger partial charge < -0.3 is 18.9 Å². The Labute approximate surface area is 279 Å². The second-order valence-corrected chi connectivity index (χ2v) is 12.3. The minimum absolute atomic E-state index is 0.0286. The maximum Gasteiger partial charge on any atom is 0.405 e. The first-order valence-electron chi connectivity index (χ1n) is 17.2. The predicted octanol–water partition coefficient (Wildman–Crippen LogP) is 11.6. The molecule has 264 valence electrons. The second-order valence-electron chi connectivity index (χ2n) is 12.3. The first kappa shape index (κ1) is 37.6. The zero-order valence-electron chi connectivity index (χ0n) is 27.8. The molecule has 48 heavy (non-hydrogen) atoms. The lowest BCUT2D eigenvalue weighted by Gasteiger charge is -2.33. The molecule has 3 aromatic rings. The van der Waals surface area contributed by atoms with Crippen LogP contribution in [0.25, 0.3) is 22.3 Å². The van der Waals surface area contributed by atoms with E-state index in [2.05, 4.69) is 11.7 Å². The molecule has 1 aliphatic rings. The predicted molar refractivity (Wildman–Crippen MR) is 174 cm³/mol. The number of hydrogen-bond acceptors (Lipinski definition) is 4. The molecule has 0 atom stereocenters. The van der Waals surface area contributed by atoms with E-state index in [-0.39, 0.29) is 42.3 Å². The smallest absolute Gasteiger partial charge is 0.405 e. The summed E-state index contributed by atoms with van der Waals surface area (Å²) in [6.07, 6.45) is 7.77. The fraction of sp³-hybridized carbons (Fsp3) is 0.526. The summed E-state index contributed by atoms with van der Waals surface area (Å²) in [5.74, 6) is -7.79. The van der Waals surface area contributed by atoms with Gasteiger partial charge in [0.25, 0.3) is 0 Å². The Morgan fingerprint density at radius 3 is 1.65 bits per heavy atom. The summed E-state index contributed by atoms with van der Waals surface area (Å²) in [5, 5.41) is 0. The molecule has 0 aromatic heterocycles. The molecule has 1 heterocycles. The molecule has 0 bridgehead atoms. The van der Waals surface area contributed by atoms with Gasteiger partial charge in [0.15, 0.2) is 29.4 Å². The summed E-state index contributed by atoms with van der Waals surface area (Å²) in [4.78, 5) is 0. The van der Waals surface area contributed by atoms with Crippen LogP contribution in [0, 0.1) is 29.2 Å². The average Bonchev–Trinajstić information content (AvgIpc) is 3.08. The highest BCUT2D eigenvalue weighted by Crippen LogP contribution is 2.37. The monoisotopic (exact) mass is 680 g/mol. The minimum atomic E-state index is -3.88. The molecule has 10 heteroatoms. The molecule has 0 aliphatic carbocycles. The fourth-order valence-corrected chi connectivity index (χ4v) is 5.64. The van der Waals surface area contributed by atoms with Gasteiger partial charge in [0.2, 0.25) is 11.6 Å². The maximum atomic E-state index is 15.1. The lowest BCUT2D eigenvalue weighted by Crippen LogP contribution is -2.45. The van der Waals surface area contributed by atoms with Gasteiger partial charge in [0.1, 0.15) is 5.92 Å². The molecular formula is C38H46F6O4. The SMILES string of the molecule is CCCCCCCCCCOc1ccc(-c2ccc(-c3ccc(OC(F)(F)C4COC(CCCCC)OC4)c(F)c3F)cc2)c(F)c1F. The number of alkyl halides is 2. The van der Waals surface area contributed by atoms with Gasteiger partial charge in [0.05, 0.1) is 19.8 Å². The third-order valence-electron chi connectivity index (χ3n) is 8.59. The molecule has 3 aromatic carbocycles. The number of halogens is 6.